The number of carbonyl (C=O) groups excluding carboxylic acids is 2. The molecule has 2 amide bonds. The Balaban J connectivity index is 1.40. The highest BCUT2D eigenvalue weighted by Crippen LogP contribution is 2.28. The molecule has 2 aromatic carbocycles. The third-order valence-electron chi connectivity index (χ3n) is 6.93. The zero-order chi connectivity index (χ0) is 26.6. The van der Waals surface area contributed by atoms with Crippen molar-refractivity contribution in [2.45, 2.75) is 44.4 Å². The number of nitrogens with one attached hydrogen (secondary N) is 1. The summed E-state index contributed by atoms with van der Waals surface area (Å²) >= 11 is 0. The monoisotopic (exact) mass is 511 g/mol. The Kier molecular flexibility index (Phi) is 7.31. The fraction of sp³-hybridized carbons (Fsp3) is 0.267. The third kappa shape index (κ3) is 5.34. The molecule has 1 fully saturated rings. The largest absolute Gasteiger partial charge is 0.343 e. The van der Waals surface area contributed by atoms with Gasteiger partial charge in [-0.1, -0.05) is 68.4 Å². The minimum Gasteiger partial charge on any atom is -0.343 e. The molecular formula is C30H30FN5O2. The number of aromatic nitrogens is 3. The molecule has 1 saturated heterocycles. The van der Waals surface area contributed by atoms with Crippen LogP contribution in [0.3, 0.4) is 0 Å². The molecule has 0 aliphatic carbocycles. The molecule has 2 aromatic heterocycles. The van der Waals surface area contributed by atoms with Crippen molar-refractivity contribution in [3.05, 3.63) is 114 Å². The quantitative estimate of drug-likeness (QED) is 0.385. The molecule has 0 bridgehead atoms. The summed E-state index contributed by atoms with van der Waals surface area (Å²) in [6.45, 7) is 4.10. The summed E-state index contributed by atoms with van der Waals surface area (Å²) in [5.41, 5.74) is 3.86. The van der Waals surface area contributed by atoms with Crippen molar-refractivity contribution in [1.29, 1.82) is 0 Å². The molecule has 3 unspecified atom stereocenters. The van der Waals surface area contributed by atoms with E-state index in [9.17, 15) is 14.0 Å². The van der Waals surface area contributed by atoms with E-state index >= 15 is 0 Å². The number of pyridine rings is 1. The Morgan fingerprint density at radius 1 is 0.974 bits per heavy atom. The molecule has 3 atom stereocenters. The SMILES string of the molecule is CC(C)c1ccc(C(NC(=O)C2CC(F)CN2C(=O)c2cc(-n3ccnc3)ccn2)c2ccccc2)cc1. The van der Waals surface area contributed by atoms with E-state index in [0.29, 0.717) is 11.6 Å². The summed E-state index contributed by atoms with van der Waals surface area (Å²) in [6.07, 6.45) is 5.16. The Hall–Kier alpha value is -4.33. The predicted molar refractivity (Wildman–Crippen MR) is 143 cm³/mol. The van der Waals surface area contributed by atoms with Gasteiger partial charge in [-0.05, 0) is 34.7 Å². The van der Waals surface area contributed by atoms with Crippen molar-refractivity contribution < 1.29 is 14.0 Å². The summed E-state index contributed by atoms with van der Waals surface area (Å²) in [5, 5.41) is 3.10. The van der Waals surface area contributed by atoms with Gasteiger partial charge in [-0.25, -0.2) is 9.37 Å². The van der Waals surface area contributed by atoms with E-state index in [0.717, 1.165) is 11.1 Å². The highest BCUT2D eigenvalue weighted by atomic mass is 19.1. The maximum atomic E-state index is 14.7. The first-order valence-corrected chi connectivity index (χ1v) is 12.8. The lowest BCUT2D eigenvalue weighted by Gasteiger charge is -2.27. The van der Waals surface area contributed by atoms with Crippen molar-refractivity contribution in [1.82, 2.24) is 24.8 Å². The van der Waals surface area contributed by atoms with E-state index in [1.54, 1.807) is 35.4 Å². The number of benzene rings is 2. The molecular weight excluding hydrogens is 481 g/mol. The van der Waals surface area contributed by atoms with Crippen molar-refractivity contribution in [2.24, 2.45) is 0 Å². The first-order chi connectivity index (χ1) is 18.4. The highest BCUT2D eigenvalue weighted by Gasteiger charge is 2.41. The summed E-state index contributed by atoms with van der Waals surface area (Å²) in [5.74, 6) is -0.495. The van der Waals surface area contributed by atoms with Gasteiger partial charge in [0.15, 0.2) is 0 Å². The molecule has 0 spiro atoms. The van der Waals surface area contributed by atoms with E-state index in [2.05, 4.69) is 41.3 Å². The van der Waals surface area contributed by atoms with E-state index in [4.69, 9.17) is 0 Å². The molecule has 38 heavy (non-hydrogen) atoms. The van der Waals surface area contributed by atoms with Crippen molar-refractivity contribution >= 4 is 11.8 Å². The van der Waals surface area contributed by atoms with E-state index < -0.39 is 30.1 Å². The zero-order valence-electron chi connectivity index (χ0n) is 21.4. The molecule has 1 aliphatic heterocycles. The van der Waals surface area contributed by atoms with E-state index in [-0.39, 0.29) is 18.7 Å². The number of carbonyl (C=O) groups is 2. The number of likely N-dealkylation sites (tertiary alicyclic amines) is 1. The van der Waals surface area contributed by atoms with Crippen LogP contribution in [0.15, 0.2) is 91.6 Å². The van der Waals surface area contributed by atoms with E-state index in [1.807, 2.05) is 42.5 Å². The molecule has 8 heteroatoms. The van der Waals surface area contributed by atoms with Crippen molar-refractivity contribution in [3.8, 4) is 5.69 Å². The maximum absolute atomic E-state index is 14.7. The zero-order valence-corrected chi connectivity index (χ0v) is 21.4. The normalized spacial score (nSPS) is 17.9. The number of amides is 2. The Morgan fingerprint density at radius 2 is 1.68 bits per heavy atom. The number of rotatable bonds is 7. The number of hydrogen-bond donors (Lipinski definition) is 1. The van der Waals surface area contributed by atoms with Gasteiger partial charge in [0.05, 0.1) is 24.6 Å². The number of halogens is 1. The molecule has 1 N–H and O–H groups in total. The minimum atomic E-state index is -1.30. The van der Waals surface area contributed by atoms with Gasteiger partial charge in [0, 0.05) is 25.0 Å². The lowest BCUT2D eigenvalue weighted by molar-refractivity contribution is -0.125. The van der Waals surface area contributed by atoms with Crippen LogP contribution in [0.5, 0.6) is 0 Å². The first-order valence-electron chi connectivity index (χ1n) is 12.8. The first kappa shape index (κ1) is 25.3. The lowest BCUT2D eigenvalue weighted by Crippen LogP contribution is -2.47. The van der Waals surface area contributed by atoms with Crippen LogP contribution in [-0.2, 0) is 4.79 Å². The predicted octanol–water partition coefficient (Wildman–Crippen LogP) is 4.85. The van der Waals surface area contributed by atoms with Gasteiger partial charge >= 0.3 is 0 Å². The number of hydrogen-bond acceptors (Lipinski definition) is 4. The Labute approximate surface area is 221 Å². The average molecular weight is 512 g/mol. The van der Waals surface area contributed by atoms with Gasteiger partial charge in [-0.15, -0.1) is 0 Å². The summed E-state index contributed by atoms with van der Waals surface area (Å²) in [4.78, 5) is 36.6. The number of alkyl halides is 1. The van der Waals surface area contributed by atoms with Crippen molar-refractivity contribution in [3.63, 3.8) is 0 Å². The Bertz CT molecular complexity index is 1390. The van der Waals surface area contributed by atoms with Gasteiger partial charge in [0.2, 0.25) is 5.91 Å². The topological polar surface area (TPSA) is 80.1 Å². The molecule has 0 saturated carbocycles. The van der Waals surface area contributed by atoms with Crippen LogP contribution >= 0.6 is 0 Å². The Morgan fingerprint density at radius 3 is 2.37 bits per heavy atom. The van der Waals surface area contributed by atoms with Gasteiger partial charge < -0.3 is 14.8 Å². The smallest absolute Gasteiger partial charge is 0.273 e. The van der Waals surface area contributed by atoms with Crippen LogP contribution in [0.2, 0.25) is 0 Å². The molecule has 3 heterocycles. The number of imidazole rings is 1. The van der Waals surface area contributed by atoms with Gasteiger partial charge in [0.25, 0.3) is 5.91 Å². The maximum Gasteiger partial charge on any atom is 0.273 e. The number of nitrogens with zero attached hydrogens (tertiary/aromatic N) is 4. The highest BCUT2D eigenvalue weighted by molar-refractivity contribution is 5.97. The summed E-state index contributed by atoms with van der Waals surface area (Å²) in [6, 6.07) is 19.8. The molecule has 0 radical (unpaired) electrons. The van der Waals surface area contributed by atoms with Crippen LogP contribution < -0.4 is 5.32 Å². The fourth-order valence-electron chi connectivity index (χ4n) is 4.83. The average Bonchev–Trinajstić information content (AvgIpc) is 3.62. The molecule has 194 valence electrons. The van der Waals surface area contributed by atoms with Crippen LogP contribution in [0.25, 0.3) is 5.69 Å². The van der Waals surface area contributed by atoms with Crippen LogP contribution in [0.4, 0.5) is 4.39 Å². The van der Waals surface area contributed by atoms with Crippen LogP contribution in [0.1, 0.15) is 59.4 Å². The van der Waals surface area contributed by atoms with Crippen LogP contribution in [0, 0.1) is 0 Å². The van der Waals surface area contributed by atoms with E-state index in [1.165, 1.54) is 16.7 Å². The second-order valence-corrected chi connectivity index (χ2v) is 9.85. The van der Waals surface area contributed by atoms with Gasteiger partial charge in [0.1, 0.15) is 17.9 Å². The second-order valence-electron chi connectivity index (χ2n) is 9.85. The standard InChI is InChI=1S/C30H30FN5O2/c1-20(2)21-8-10-23(11-9-21)28(22-6-4-3-5-7-22)34-29(37)27-16-24(31)18-36(27)30(38)26-17-25(12-13-33-26)35-15-14-32-19-35/h3-15,17,19-20,24,27-28H,16,18H2,1-2H3,(H,34,37). The summed E-state index contributed by atoms with van der Waals surface area (Å²) < 4.78 is 16.4. The fourth-order valence-corrected chi connectivity index (χ4v) is 4.83. The lowest BCUT2D eigenvalue weighted by atomic mass is 9.95. The summed E-state index contributed by atoms with van der Waals surface area (Å²) in [7, 11) is 0. The second kappa shape index (κ2) is 11.0. The van der Waals surface area contributed by atoms with Crippen LogP contribution in [-0.4, -0.2) is 50.0 Å². The molecule has 7 nitrogen and oxygen atoms in total. The molecule has 1 aliphatic rings. The van der Waals surface area contributed by atoms with Crippen molar-refractivity contribution in [2.75, 3.05) is 6.54 Å². The molecule has 4 aromatic rings. The minimum absolute atomic E-state index is 0.0629. The van der Waals surface area contributed by atoms with Gasteiger partial charge in [-0.3, -0.25) is 14.6 Å². The van der Waals surface area contributed by atoms with Gasteiger partial charge in [-0.2, -0.15) is 0 Å². The third-order valence-corrected chi connectivity index (χ3v) is 6.93. The molecule has 5 rings (SSSR count).